The summed E-state index contributed by atoms with van der Waals surface area (Å²) in [4.78, 5) is 16.0. The molecule has 1 aromatic rings. The van der Waals surface area contributed by atoms with Crippen molar-refractivity contribution in [1.82, 2.24) is 10.2 Å². The van der Waals surface area contributed by atoms with Crippen LogP contribution in [0.15, 0.2) is 36.5 Å². The van der Waals surface area contributed by atoms with E-state index < -0.39 is 0 Å². The fourth-order valence-electron chi connectivity index (χ4n) is 2.46. The van der Waals surface area contributed by atoms with E-state index in [1.54, 1.807) is 18.3 Å². The number of nitrogens with one attached hydrogen (secondary N) is 1. The maximum Gasteiger partial charge on any atom is 0.321 e. The Balaban J connectivity index is 1.47. The van der Waals surface area contributed by atoms with Crippen LogP contribution in [0.1, 0.15) is 12.8 Å². The van der Waals surface area contributed by atoms with Gasteiger partial charge in [-0.25, -0.2) is 9.18 Å². The van der Waals surface area contributed by atoms with Gasteiger partial charge < -0.3 is 15.1 Å². The molecular weight excluding hydrogens is 269 g/mol. The number of allylic oxidation sites excluding steroid dienone is 1. The second-order valence-electron chi connectivity index (χ2n) is 5.60. The van der Waals surface area contributed by atoms with Crippen LogP contribution in [-0.2, 0) is 0 Å². The third kappa shape index (κ3) is 3.74. The number of halogens is 1. The first-order chi connectivity index (χ1) is 10.2. The van der Waals surface area contributed by atoms with E-state index >= 15 is 0 Å². The molecule has 2 amide bonds. The number of benzene rings is 1. The smallest absolute Gasteiger partial charge is 0.321 e. The largest absolute Gasteiger partial charge is 0.368 e. The zero-order valence-electron chi connectivity index (χ0n) is 12.0. The predicted octanol–water partition coefficient (Wildman–Crippen LogP) is 2.58. The van der Waals surface area contributed by atoms with E-state index in [1.807, 2.05) is 4.90 Å². The van der Waals surface area contributed by atoms with E-state index in [2.05, 4.69) is 16.3 Å². The molecule has 3 rings (SSSR count). The van der Waals surface area contributed by atoms with Crippen LogP contribution in [0.4, 0.5) is 14.9 Å². The molecule has 1 aliphatic heterocycles. The molecule has 1 aromatic carbocycles. The van der Waals surface area contributed by atoms with Gasteiger partial charge in [0.2, 0.25) is 0 Å². The van der Waals surface area contributed by atoms with Gasteiger partial charge in [-0.3, -0.25) is 0 Å². The minimum atomic E-state index is -0.223. The van der Waals surface area contributed by atoms with Crippen molar-refractivity contribution in [3.63, 3.8) is 0 Å². The Labute approximate surface area is 124 Å². The molecule has 112 valence electrons. The monoisotopic (exact) mass is 289 g/mol. The van der Waals surface area contributed by atoms with Gasteiger partial charge in [0.05, 0.1) is 0 Å². The van der Waals surface area contributed by atoms with E-state index in [0.29, 0.717) is 19.0 Å². The Morgan fingerprint density at radius 1 is 1.14 bits per heavy atom. The first-order valence-corrected chi connectivity index (χ1v) is 7.45. The average molecular weight is 289 g/mol. The summed E-state index contributed by atoms with van der Waals surface area (Å²) in [5.41, 5.74) is 1.00. The van der Waals surface area contributed by atoms with Crippen molar-refractivity contribution in [3.8, 4) is 0 Å². The summed E-state index contributed by atoms with van der Waals surface area (Å²) in [5, 5.41) is 2.82. The average Bonchev–Trinajstić information content (AvgIpc) is 3.32. The molecule has 1 N–H and O–H groups in total. The van der Waals surface area contributed by atoms with Crippen molar-refractivity contribution >= 4 is 11.7 Å². The third-order valence-corrected chi connectivity index (χ3v) is 3.96. The van der Waals surface area contributed by atoms with Gasteiger partial charge in [0, 0.05) is 38.1 Å². The highest BCUT2D eigenvalue weighted by atomic mass is 19.1. The molecule has 21 heavy (non-hydrogen) atoms. The highest BCUT2D eigenvalue weighted by molar-refractivity contribution is 5.75. The van der Waals surface area contributed by atoms with Gasteiger partial charge in [0.15, 0.2) is 0 Å². The van der Waals surface area contributed by atoms with E-state index in [1.165, 1.54) is 25.0 Å². The van der Waals surface area contributed by atoms with Gasteiger partial charge in [0.1, 0.15) is 5.82 Å². The van der Waals surface area contributed by atoms with Gasteiger partial charge in [-0.2, -0.15) is 0 Å². The predicted molar refractivity (Wildman–Crippen MR) is 80.6 cm³/mol. The minimum Gasteiger partial charge on any atom is -0.368 e. The molecule has 1 heterocycles. The van der Waals surface area contributed by atoms with Crippen LogP contribution in [0, 0.1) is 11.7 Å². The molecule has 1 aliphatic carbocycles. The van der Waals surface area contributed by atoms with Gasteiger partial charge in [-0.15, -0.1) is 0 Å². The van der Waals surface area contributed by atoms with E-state index in [0.717, 1.165) is 18.8 Å². The van der Waals surface area contributed by atoms with E-state index in [-0.39, 0.29) is 11.8 Å². The van der Waals surface area contributed by atoms with Crippen molar-refractivity contribution in [2.24, 2.45) is 5.92 Å². The van der Waals surface area contributed by atoms with E-state index in [9.17, 15) is 9.18 Å². The third-order valence-electron chi connectivity index (χ3n) is 3.96. The maximum atomic E-state index is 12.9. The first kappa shape index (κ1) is 13.9. The molecule has 0 bridgehead atoms. The van der Waals surface area contributed by atoms with E-state index in [4.69, 9.17) is 0 Å². The first-order valence-electron chi connectivity index (χ1n) is 7.45. The number of piperazine rings is 1. The van der Waals surface area contributed by atoms with Crippen molar-refractivity contribution in [2.45, 2.75) is 12.8 Å². The Bertz CT molecular complexity index is 517. The second kappa shape index (κ2) is 6.16. The van der Waals surface area contributed by atoms with Crippen molar-refractivity contribution in [2.75, 3.05) is 31.1 Å². The number of rotatable bonds is 3. The Hall–Kier alpha value is -2.04. The lowest BCUT2D eigenvalue weighted by Gasteiger charge is -2.35. The number of hydrogen-bond donors (Lipinski definition) is 1. The lowest BCUT2D eigenvalue weighted by Crippen LogP contribution is -2.51. The normalized spacial score (nSPS) is 19.1. The molecule has 4 nitrogen and oxygen atoms in total. The lowest BCUT2D eigenvalue weighted by atomic mass is 10.2. The molecule has 2 aliphatic rings. The molecule has 0 spiro atoms. The van der Waals surface area contributed by atoms with Crippen molar-refractivity contribution in [1.29, 1.82) is 0 Å². The molecule has 5 heteroatoms. The molecule has 1 saturated heterocycles. The van der Waals surface area contributed by atoms with Crippen LogP contribution < -0.4 is 10.2 Å². The maximum absolute atomic E-state index is 12.9. The summed E-state index contributed by atoms with van der Waals surface area (Å²) < 4.78 is 12.9. The lowest BCUT2D eigenvalue weighted by molar-refractivity contribution is 0.198. The summed E-state index contributed by atoms with van der Waals surface area (Å²) in [5.74, 6) is 0.444. The van der Waals surface area contributed by atoms with Crippen molar-refractivity contribution < 1.29 is 9.18 Å². The summed E-state index contributed by atoms with van der Waals surface area (Å²) in [6.07, 6.45) is 6.31. The fraction of sp³-hybridized carbons (Fsp3) is 0.438. The SMILES string of the molecule is O=C(N/C=C/C1CC1)N1CCN(c2ccc(F)cc2)CC1. The molecule has 0 atom stereocenters. The number of nitrogens with zero attached hydrogens (tertiary/aromatic N) is 2. The molecule has 0 radical (unpaired) electrons. The molecular formula is C16H20FN3O. The van der Waals surface area contributed by atoms with Crippen molar-refractivity contribution in [3.05, 3.63) is 42.4 Å². The summed E-state index contributed by atoms with van der Waals surface area (Å²) in [6, 6.07) is 6.46. The minimum absolute atomic E-state index is 0.0364. The number of carbonyl (C=O) groups excluding carboxylic acids is 1. The van der Waals surface area contributed by atoms with Crippen LogP contribution in [0.25, 0.3) is 0 Å². The van der Waals surface area contributed by atoms with Crippen LogP contribution in [0.5, 0.6) is 0 Å². The zero-order chi connectivity index (χ0) is 14.7. The zero-order valence-corrected chi connectivity index (χ0v) is 12.0. The molecule has 0 aromatic heterocycles. The van der Waals surface area contributed by atoms with Gasteiger partial charge in [0.25, 0.3) is 0 Å². The molecule has 2 fully saturated rings. The number of hydrogen-bond acceptors (Lipinski definition) is 2. The number of amides is 2. The Kier molecular flexibility index (Phi) is 4.08. The summed E-state index contributed by atoms with van der Waals surface area (Å²) in [6.45, 7) is 2.90. The van der Waals surface area contributed by atoms with Crippen LogP contribution in [-0.4, -0.2) is 37.1 Å². The molecule has 0 unspecified atom stereocenters. The topological polar surface area (TPSA) is 35.6 Å². The molecule has 1 saturated carbocycles. The second-order valence-corrected chi connectivity index (χ2v) is 5.60. The highest BCUT2D eigenvalue weighted by Gasteiger charge is 2.21. The quantitative estimate of drug-likeness (QED) is 0.928. The fourth-order valence-corrected chi connectivity index (χ4v) is 2.46. The summed E-state index contributed by atoms with van der Waals surface area (Å²) in [7, 11) is 0. The summed E-state index contributed by atoms with van der Waals surface area (Å²) >= 11 is 0. The van der Waals surface area contributed by atoms with Gasteiger partial charge in [-0.05, 0) is 43.0 Å². The van der Waals surface area contributed by atoms with Crippen LogP contribution in [0.3, 0.4) is 0 Å². The Morgan fingerprint density at radius 2 is 1.81 bits per heavy atom. The van der Waals surface area contributed by atoms with Gasteiger partial charge in [-0.1, -0.05) is 6.08 Å². The van der Waals surface area contributed by atoms with Crippen LogP contribution >= 0.6 is 0 Å². The number of anilines is 1. The van der Waals surface area contributed by atoms with Gasteiger partial charge >= 0.3 is 6.03 Å². The van der Waals surface area contributed by atoms with Crippen LogP contribution in [0.2, 0.25) is 0 Å². The number of urea groups is 1. The standard InChI is InChI=1S/C16H20FN3O/c17-14-3-5-15(6-4-14)19-9-11-20(12-10-19)16(21)18-8-7-13-1-2-13/h3-8,13H,1-2,9-12H2,(H,18,21)/b8-7+. The Morgan fingerprint density at radius 3 is 2.43 bits per heavy atom. The number of carbonyl (C=O) groups is 1. The highest BCUT2D eigenvalue weighted by Crippen LogP contribution is 2.29.